The van der Waals surface area contributed by atoms with E-state index in [9.17, 15) is 40.3 Å². The number of hydrogen-bond acceptors (Lipinski definition) is 4. The third kappa shape index (κ3) is 3.89. The Morgan fingerprint density at radius 3 is 1.79 bits per heavy atom. The van der Waals surface area contributed by atoms with Crippen LogP contribution in [0.1, 0.15) is 0 Å². The topological polar surface area (TPSA) is 52.6 Å². The summed E-state index contributed by atoms with van der Waals surface area (Å²) in [7, 11) is 0. The van der Waals surface area contributed by atoms with Crippen LogP contribution in [-0.2, 0) is 9.59 Å². The summed E-state index contributed by atoms with van der Waals surface area (Å²) in [5.74, 6) is -19.5. The molecule has 134 valence electrons. The lowest BCUT2D eigenvalue weighted by molar-refractivity contribution is -0.346. The number of rotatable bonds is 5. The number of hydrogen-bond donors (Lipinski definition) is 0. The lowest BCUT2D eigenvalue weighted by atomic mass is 10.1. The van der Waals surface area contributed by atoms with Crippen molar-refractivity contribution in [2.75, 3.05) is 5.88 Å². The van der Waals surface area contributed by atoms with Gasteiger partial charge in [0.05, 0.1) is 0 Å². The number of benzene rings is 1. The molecule has 1 aromatic carbocycles. The van der Waals surface area contributed by atoms with Crippen molar-refractivity contribution in [1.82, 2.24) is 0 Å². The second-order valence-electron chi connectivity index (χ2n) is 4.09. The molecule has 0 amide bonds. The molecule has 0 aliphatic rings. The van der Waals surface area contributed by atoms with E-state index in [1.165, 1.54) is 6.07 Å². The van der Waals surface area contributed by atoms with Gasteiger partial charge in [0, 0.05) is 0 Å². The molecule has 4 nitrogen and oxygen atoms in total. The minimum Gasteiger partial charge on any atom is -0.422 e. The van der Waals surface area contributed by atoms with E-state index in [-0.39, 0.29) is 0 Å². The zero-order chi connectivity index (χ0) is 18.8. The first-order valence-electron chi connectivity index (χ1n) is 5.75. The van der Waals surface area contributed by atoms with E-state index in [1.54, 1.807) is 0 Å². The second-order valence-corrected chi connectivity index (χ2v) is 4.36. The largest absolute Gasteiger partial charge is 0.460 e. The van der Waals surface area contributed by atoms with Crippen molar-refractivity contribution >= 4 is 23.5 Å². The quantitative estimate of drug-likeness (QED) is 0.338. The summed E-state index contributed by atoms with van der Waals surface area (Å²) in [6.45, 7) is 0. The van der Waals surface area contributed by atoms with Gasteiger partial charge in [-0.05, 0) is 12.1 Å². The molecule has 0 heterocycles. The molecule has 0 bridgehead atoms. The fraction of sp³-hybridized carbons (Fsp3) is 0.333. The summed E-state index contributed by atoms with van der Waals surface area (Å²) in [5.41, 5.74) is 0. The van der Waals surface area contributed by atoms with Crippen molar-refractivity contribution in [3.63, 3.8) is 0 Å². The minimum atomic E-state index is -6.69. The van der Waals surface area contributed by atoms with Gasteiger partial charge in [-0.15, -0.1) is 11.6 Å². The van der Waals surface area contributed by atoms with E-state index in [4.69, 9.17) is 11.6 Å². The molecule has 0 N–H and O–H groups in total. The van der Waals surface area contributed by atoms with Crippen LogP contribution >= 0.6 is 11.6 Å². The predicted molar refractivity (Wildman–Crippen MR) is 64.4 cm³/mol. The first-order valence-corrected chi connectivity index (χ1v) is 6.28. The maximum Gasteiger partial charge on any atom is 0.460 e. The van der Waals surface area contributed by atoms with Gasteiger partial charge in [-0.2, -0.15) is 30.7 Å². The standard InChI is InChI=1S/C12H6ClF7O4/c13-5-8(21)23-6-3-1-2-4-7(6)24-9(22)10(14,15)11(16,17)12(18,19)20/h1-4H,5H2. The van der Waals surface area contributed by atoms with E-state index < -0.39 is 47.3 Å². The van der Waals surface area contributed by atoms with Gasteiger partial charge in [0.25, 0.3) is 0 Å². The van der Waals surface area contributed by atoms with Gasteiger partial charge < -0.3 is 9.47 Å². The Labute approximate surface area is 134 Å². The van der Waals surface area contributed by atoms with E-state index in [0.717, 1.165) is 18.2 Å². The van der Waals surface area contributed by atoms with Crippen molar-refractivity contribution in [3.05, 3.63) is 24.3 Å². The van der Waals surface area contributed by atoms with Crippen LogP contribution in [0.2, 0.25) is 0 Å². The molecule has 0 aromatic heterocycles. The molecule has 12 heteroatoms. The third-order valence-electron chi connectivity index (χ3n) is 2.39. The van der Waals surface area contributed by atoms with E-state index in [2.05, 4.69) is 9.47 Å². The zero-order valence-electron chi connectivity index (χ0n) is 11.2. The lowest BCUT2D eigenvalue weighted by Crippen LogP contribution is -2.57. The van der Waals surface area contributed by atoms with Crippen molar-refractivity contribution in [2.45, 2.75) is 18.0 Å². The Morgan fingerprint density at radius 1 is 0.917 bits per heavy atom. The molecule has 0 aliphatic heterocycles. The number of para-hydroxylation sites is 2. The van der Waals surface area contributed by atoms with Gasteiger partial charge in [0.2, 0.25) is 0 Å². The molecule has 0 aliphatic carbocycles. The summed E-state index contributed by atoms with van der Waals surface area (Å²) >= 11 is 5.12. The average Bonchev–Trinajstić information content (AvgIpc) is 2.47. The zero-order valence-corrected chi connectivity index (χ0v) is 11.9. The monoisotopic (exact) mass is 382 g/mol. The Hall–Kier alpha value is -2.04. The summed E-state index contributed by atoms with van der Waals surface area (Å²) in [6.07, 6.45) is -6.69. The predicted octanol–water partition coefficient (Wildman–Crippen LogP) is 3.57. The summed E-state index contributed by atoms with van der Waals surface area (Å²) in [4.78, 5) is 22.1. The number of ether oxygens (including phenoxy) is 2. The minimum absolute atomic E-state index is 0.678. The normalized spacial score (nSPS) is 12.7. The molecular formula is C12H6ClF7O4. The van der Waals surface area contributed by atoms with Gasteiger partial charge in [-0.1, -0.05) is 12.1 Å². The summed E-state index contributed by atoms with van der Waals surface area (Å²) in [5, 5.41) is 0. The third-order valence-corrected chi connectivity index (χ3v) is 2.61. The molecule has 0 radical (unpaired) electrons. The molecule has 0 atom stereocenters. The molecule has 0 saturated carbocycles. The second kappa shape index (κ2) is 6.83. The van der Waals surface area contributed by atoms with E-state index in [1.807, 2.05) is 0 Å². The number of alkyl halides is 8. The van der Waals surface area contributed by atoms with Crippen molar-refractivity contribution in [3.8, 4) is 11.5 Å². The van der Waals surface area contributed by atoms with Crippen LogP contribution < -0.4 is 9.47 Å². The molecule has 24 heavy (non-hydrogen) atoms. The first kappa shape index (κ1) is 20.0. The summed E-state index contributed by atoms with van der Waals surface area (Å²) in [6, 6.07) is 3.88. The van der Waals surface area contributed by atoms with Crippen LogP contribution in [0, 0.1) is 0 Å². The van der Waals surface area contributed by atoms with E-state index >= 15 is 0 Å². The highest BCUT2D eigenvalue weighted by Gasteiger charge is 2.77. The highest BCUT2D eigenvalue weighted by atomic mass is 35.5. The van der Waals surface area contributed by atoms with Crippen LogP contribution in [0.3, 0.4) is 0 Å². The number of esters is 2. The number of carbonyl (C=O) groups is 2. The van der Waals surface area contributed by atoms with Crippen molar-refractivity contribution in [2.24, 2.45) is 0 Å². The number of carbonyl (C=O) groups excluding carboxylic acids is 2. The fourth-order valence-corrected chi connectivity index (χ4v) is 1.29. The fourth-order valence-electron chi connectivity index (χ4n) is 1.24. The molecule has 1 aromatic rings. The smallest absolute Gasteiger partial charge is 0.422 e. The van der Waals surface area contributed by atoms with Crippen LogP contribution in [0.4, 0.5) is 30.7 Å². The van der Waals surface area contributed by atoms with Gasteiger partial charge in [-0.25, -0.2) is 4.79 Å². The Morgan fingerprint density at radius 2 is 1.38 bits per heavy atom. The van der Waals surface area contributed by atoms with Crippen LogP contribution in [0.5, 0.6) is 11.5 Å². The summed E-state index contributed by atoms with van der Waals surface area (Å²) < 4.78 is 96.1. The van der Waals surface area contributed by atoms with Crippen LogP contribution in [-0.4, -0.2) is 35.8 Å². The van der Waals surface area contributed by atoms with Crippen LogP contribution in [0.15, 0.2) is 24.3 Å². The maximum absolute atomic E-state index is 13.2. The van der Waals surface area contributed by atoms with Crippen molar-refractivity contribution in [1.29, 1.82) is 0 Å². The highest BCUT2D eigenvalue weighted by Crippen LogP contribution is 2.47. The van der Waals surface area contributed by atoms with Crippen LogP contribution in [0.25, 0.3) is 0 Å². The molecular weight excluding hydrogens is 377 g/mol. The molecule has 0 unspecified atom stereocenters. The lowest BCUT2D eigenvalue weighted by Gasteiger charge is -2.26. The molecule has 1 rings (SSSR count). The number of halogens is 8. The Kier molecular flexibility index (Phi) is 5.70. The maximum atomic E-state index is 13.2. The average molecular weight is 383 g/mol. The van der Waals surface area contributed by atoms with Gasteiger partial charge in [0.1, 0.15) is 5.88 Å². The van der Waals surface area contributed by atoms with Gasteiger partial charge >= 0.3 is 30.0 Å². The Balaban J connectivity index is 3.10. The first-order chi connectivity index (χ1) is 10.8. The van der Waals surface area contributed by atoms with Gasteiger partial charge in [0.15, 0.2) is 11.5 Å². The van der Waals surface area contributed by atoms with E-state index in [0.29, 0.717) is 0 Å². The SMILES string of the molecule is O=C(CCl)Oc1ccccc1OC(=O)C(F)(F)C(F)(F)C(F)(F)F. The Bertz CT molecular complexity index is 630. The highest BCUT2D eigenvalue weighted by molar-refractivity contribution is 6.26. The molecule has 0 saturated heterocycles. The van der Waals surface area contributed by atoms with Crippen molar-refractivity contribution < 1.29 is 49.8 Å². The molecule has 0 spiro atoms. The van der Waals surface area contributed by atoms with Gasteiger partial charge in [-0.3, -0.25) is 4.79 Å². The molecule has 0 fully saturated rings.